The monoisotopic (exact) mass is 576 g/mol. The molecule has 3 aliphatic rings. The first-order valence-corrected chi connectivity index (χ1v) is 14.2. The molecule has 10 heteroatoms. The van der Waals surface area contributed by atoms with Crippen LogP contribution in [0.2, 0.25) is 0 Å². The molecule has 0 N–H and O–H groups in total. The molecule has 2 aliphatic heterocycles. The number of amides is 3. The number of imide groups is 1. The summed E-state index contributed by atoms with van der Waals surface area (Å²) in [6.45, 7) is 1.05. The van der Waals surface area contributed by atoms with Crippen LogP contribution < -0.4 is 0 Å². The minimum Gasteiger partial charge on any atom is -0.448 e. The number of hydrogen-bond donors (Lipinski definition) is 0. The largest absolute Gasteiger partial charge is 0.448 e. The maximum absolute atomic E-state index is 13.3. The molecule has 1 fully saturated rings. The summed E-state index contributed by atoms with van der Waals surface area (Å²) in [7, 11) is 1.68. The molecular weight excluding hydrogens is 548 g/mol. The second-order valence-corrected chi connectivity index (χ2v) is 11.0. The highest BCUT2D eigenvalue weighted by Crippen LogP contribution is 2.44. The summed E-state index contributed by atoms with van der Waals surface area (Å²) in [5.41, 5.74) is 5.54. The highest BCUT2D eigenvalue weighted by molar-refractivity contribution is 6.21. The van der Waals surface area contributed by atoms with Gasteiger partial charge in [-0.2, -0.15) is 5.10 Å². The quantitative estimate of drug-likeness (QED) is 0.310. The van der Waals surface area contributed by atoms with Crippen LogP contribution >= 0.6 is 0 Å². The molecule has 1 aliphatic carbocycles. The van der Waals surface area contributed by atoms with Crippen molar-refractivity contribution in [1.29, 1.82) is 0 Å². The number of piperidine rings is 1. The number of hydroxylamine groups is 2. The average Bonchev–Trinajstić information content (AvgIpc) is 3.66. The van der Waals surface area contributed by atoms with Gasteiger partial charge in [-0.15, -0.1) is 0 Å². The van der Waals surface area contributed by atoms with Gasteiger partial charge in [0.15, 0.2) is 0 Å². The van der Waals surface area contributed by atoms with Crippen molar-refractivity contribution in [2.24, 2.45) is 7.05 Å². The molecule has 1 saturated heterocycles. The van der Waals surface area contributed by atoms with Crippen molar-refractivity contribution in [2.45, 2.75) is 24.7 Å². The van der Waals surface area contributed by atoms with E-state index in [1.807, 2.05) is 24.3 Å². The van der Waals surface area contributed by atoms with Crippen LogP contribution in [-0.2, 0) is 16.6 Å². The number of rotatable bonds is 5. The molecule has 0 radical (unpaired) electrons. The minimum atomic E-state index is -0.865. The lowest BCUT2D eigenvalue weighted by Gasteiger charge is -2.32. The van der Waals surface area contributed by atoms with Gasteiger partial charge in [0.05, 0.1) is 16.8 Å². The maximum Gasteiger partial charge on any atom is 0.409 e. The molecule has 4 aromatic rings. The van der Waals surface area contributed by atoms with Crippen molar-refractivity contribution < 1.29 is 28.8 Å². The summed E-state index contributed by atoms with van der Waals surface area (Å²) in [6, 6.07) is 22.7. The Morgan fingerprint density at radius 1 is 0.860 bits per heavy atom. The number of ether oxygens (including phenoxy) is 1. The van der Waals surface area contributed by atoms with E-state index < -0.39 is 23.9 Å². The smallest absolute Gasteiger partial charge is 0.409 e. The molecule has 1 atom stereocenters. The van der Waals surface area contributed by atoms with E-state index in [0.717, 1.165) is 22.3 Å². The molecule has 3 heterocycles. The van der Waals surface area contributed by atoms with Crippen molar-refractivity contribution in [2.75, 3.05) is 19.7 Å². The zero-order valence-corrected chi connectivity index (χ0v) is 23.4. The van der Waals surface area contributed by atoms with Gasteiger partial charge in [0.25, 0.3) is 11.8 Å². The lowest BCUT2D eigenvalue weighted by atomic mass is 9.93. The predicted molar refractivity (Wildman–Crippen MR) is 154 cm³/mol. The molecule has 1 aromatic heterocycles. The Labute approximate surface area is 247 Å². The number of carbonyl (C=O) groups is 4. The van der Waals surface area contributed by atoms with Crippen molar-refractivity contribution in [3.8, 4) is 11.1 Å². The number of likely N-dealkylation sites (tertiary alicyclic amines) is 1. The van der Waals surface area contributed by atoms with Crippen LogP contribution in [0, 0.1) is 0 Å². The molecule has 0 saturated carbocycles. The predicted octanol–water partition coefficient (Wildman–Crippen LogP) is 4.92. The van der Waals surface area contributed by atoms with Crippen LogP contribution in [0.4, 0.5) is 4.79 Å². The normalized spacial score (nSPS) is 17.5. The van der Waals surface area contributed by atoms with E-state index in [1.165, 1.54) is 23.0 Å². The number of aromatic nitrogens is 2. The Bertz CT molecular complexity index is 1710. The second-order valence-electron chi connectivity index (χ2n) is 11.0. The van der Waals surface area contributed by atoms with Crippen molar-refractivity contribution >= 4 is 23.9 Å². The van der Waals surface area contributed by atoms with E-state index in [-0.39, 0.29) is 35.1 Å². The van der Waals surface area contributed by atoms with Gasteiger partial charge >= 0.3 is 12.1 Å². The fraction of sp³-hybridized carbons (Fsp3) is 0.242. The van der Waals surface area contributed by atoms with Gasteiger partial charge in [-0.25, -0.2) is 9.59 Å². The standard InChI is InChI=1S/C33H28N4O6/c1-35-18-27(32(40)43-37-30(38)25-14-6-7-15-26(25)31(37)39)29(34-35)20-9-8-16-36(17-20)33(41)42-19-28-23-12-4-2-10-21(23)22-11-3-5-13-24(22)28/h2-7,10-15,18,20,28H,8-9,16-17,19H2,1H3. The maximum atomic E-state index is 13.3. The number of benzene rings is 3. The second kappa shape index (κ2) is 10.5. The van der Waals surface area contributed by atoms with E-state index in [0.29, 0.717) is 36.7 Å². The van der Waals surface area contributed by atoms with Crippen molar-refractivity contribution in [1.82, 2.24) is 19.7 Å². The minimum absolute atomic E-state index is 0.0451. The van der Waals surface area contributed by atoms with Crippen LogP contribution in [0.5, 0.6) is 0 Å². The third-order valence-corrected chi connectivity index (χ3v) is 8.41. The molecule has 1 unspecified atom stereocenters. The van der Waals surface area contributed by atoms with Gasteiger partial charge in [0.2, 0.25) is 0 Å². The first kappa shape index (κ1) is 26.6. The summed E-state index contributed by atoms with van der Waals surface area (Å²) >= 11 is 0. The molecule has 0 bridgehead atoms. The van der Waals surface area contributed by atoms with E-state index in [1.54, 1.807) is 24.1 Å². The number of hydrogen-bond acceptors (Lipinski definition) is 7. The van der Waals surface area contributed by atoms with Crippen molar-refractivity contribution in [3.05, 3.63) is 113 Å². The topological polar surface area (TPSA) is 111 Å². The molecule has 216 valence electrons. The van der Waals surface area contributed by atoms with Gasteiger partial charge in [0.1, 0.15) is 12.2 Å². The highest BCUT2D eigenvalue weighted by Gasteiger charge is 2.40. The van der Waals surface area contributed by atoms with E-state index >= 15 is 0 Å². The summed E-state index contributed by atoms with van der Waals surface area (Å²) < 4.78 is 7.36. The molecule has 10 nitrogen and oxygen atoms in total. The van der Waals surface area contributed by atoms with Gasteiger partial charge in [-0.1, -0.05) is 65.7 Å². The zero-order valence-electron chi connectivity index (χ0n) is 23.4. The third kappa shape index (κ3) is 4.55. The summed E-state index contributed by atoms with van der Waals surface area (Å²) in [5.74, 6) is -2.57. The molecular formula is C33H28N4O6. The molecule has 0 spiro atoms. The Balaban J connectivity index is 1.04. The Morgan fingerprint density at radius 2 is 1.44 bits per heavy atom. The van der Waals surface area contributed by atoms with Gasteiger partial charge in [-0.05, 0) is 47.2 Å². The summed E-state index contributed by atoms with van der Waals surface area (Å²) in [4.78, 5) is 59.0. The van der Waals surface area contributed by atoms with E-state index in [9.17, 15) is 19.2 Å². The Hall–Kier alpha value is -5.25. The summed E-state index contributed by atoms with van der Waals surface area (Å²) in [5, 5.41) is 5.00. The molecule has 3 aromatic carbocycles. The highest BCUT2D eigenvalue weighted by atomic mass is 16.7. The zero-order chi connectivity index (χ0) is 29.7. The lowest BCUT2D eigenvalue weighted by molar-refractivity contribution is -0.0585. The van der Waals surface area contributed by atoms with Crippen LogP contribution in [0.15, 0.2) is 79.0 Å². The van der Waals surface area contributed by atoms with Crippen LogP contribution in [0.3, 0.4) is 0 Å². The van der Waals surface area contributed by atoms with Crippen LogP contribution in [-0.4, -0.2) is 63.3 Å². The van der Waals surface area contributed by atoms with Gasteiger partial charge in [0, 0.05) is 38.2 Å². The van der Waals surface area contributed by atoms with Gasteiger partial charge in [-0.3, -0.25) is 14.3 Å². The first-order valence-electron chi connectivity index (χ1n) is 14.2. The molecule has 3 amide bonds. The van der Waals surface area contributed by atoms with Gasteiger partial charge < -0.3 is 14.5 Å². The number of fused-ring (bicyclic) bond motifs is 4. The van der Waals surface area contributed by atoms with E-state index in [4.69, 9.17) is 9.57 Å². The lowest BCUT2D eigenvalue weighted by Crippen LogP contribution is -2.40. The molecule has 7 rings (SSSR count). The fourth-order valence-electron chi connectivity index (χ4n) is 6.40. The number of nitrogens with zero attached hydrogens (tertiary/aromatic N) is 4. The molecule has 43 heavy (non-hydrogen) atoms. The first-order chi connectivity index (χ1) is 20.9. The summed E-state index contributed by atoms with van der Waals surface area (Å²) in [6.07, 6.45) is 2.47. The fourth-order valence-corrected chi connectivity index (χ4v) is 6.40. The van der Waals surface area contributed by atoms with Crippen LogP contribution in [0.25, 0.3) is 11.1 Å². The SMILES string of the molecule is Cn1cc(C(=O)ON2C(=O)c3ccccc3C2=O)c(C2CCCN(C(=O)OCC3c4ccccc4-c4ccccc43)C2)n1. The van der Waals surface area contributed by atoms with E-state index in [2.05, 4.69) is 29.4 Å². The Morgan fingerprint density at radius 3 is 2.07 bits per heavy atom. The Kier molecular flexibility index (Phi) is 6.53. The number of aryl methyl sites for hydroxylation is 1. The third-order valence-electron chi connectivity index (χ3n) is 8.41. The van der Waals surface area contributed by atoms with Crippen LogP contribution in [0.1, 0.15) is 72.6 Å². The van der Waals surface area contributed by atoms with Crippen molar-refractivity contribution in [3.63, 3.8) is 0 Å². The average molecular weight is 577 g/mol. The number of carbonyl (C=O) groups excluding carboxylic acids is 4.